The maximum atomic E-state index is 2.46. The lowest BCUT2D eigenvalue weighted by Crippen LogP contribution is -2.18. The minimum Gasteiger partial charge on any atom is -0.341 e. The molecule has 0 aliphatic carbocycles. The van der Waals surface area contributed by atoms with Crippen LogP contribution in [0.2, 0.25) is 0 Å². The average molecular weight is 394 g/mol. The van der Waals surface area contributed by atoms with Crippen LogP contribution in [0, 0.1) is 0 Å². The van der Waals surface area contributed by atoms with Gasteiger partial charge in [0.15, 0.2) is 0 Å². The van der Waals surface area contributed by atoms with E-state index in [1.165, 1.54) is 101 Å². The second-order valence-corrected chi connectivity index (χ2v) is 8.42. The van der Waals surface area contributed by atoms with Crippen molar-refractivity contribution < 1.29 is 0 Å². The fraction of sp³-hybridized carbons (Fsp3) is 0.571. The Morgan fingerprint density at radius 1 is 0.448 bits per heavy atom. The summed E-state index contributed by atoms with van der Waals surface area (Å²) in [5.74, 6) is 0. The first-order valence-electron chi connectivity index (χ1n) is 12.3. The molecule has 2 aromatic rings. The Kier molecular flexibility index (Phi) is 13.0. The van der Waals surface area contributed by atoms with Crippen molar-refractivity contribution in [2.45, 2.75) is 96.8 Å². The van der Waals surface area contributed by atoms with Crippen molar-refractivity contribution in [3.8, 4) is 0 Å². The van der Waals surface area contributed by atoms with E-state index >= 15 is 0 Å². The molecule has 160 valence electrons. The van der Waals surface area contributed by atoms with E-state index in [-0.39, 0.29) is 0 Å². The van der Waals surface area contributed by atoms with Gasteiger partial charge in [0.25, 0.3) is 0 Å². The van der Waals surface area contributed by atoms with Gasteiger partial charge in [-0.05, 0) is 30.7 Å². The third kappa shape index (κ3) is 10.5. The van der Waals surface area contributed by atoms with E-state index in [2.05, 4.69) is 72.5 Å². The number of nitrogens with zero attached hydrogens (tertiary/aromatic N) is 1. The highest BCUT2D eigenvalue weighted by Crippen LogP contribution is 2.25. The first kappa shape index (κ1) is 23.5. The van der Waals surface area contributed by atoms with Gasteiger partial charge < -0.3 is 4.90 Å². The Morgan fingerprint density at radius 2 is 0.793 bits per heavy atom. The third-order valence-corrected chi connectivity index (χ3v) is 5.87. The summed E-state index contributed by atoms with van der Waals surface area (Å²) in [4.78, 5) is 2.46. The summed E-state index contributed by atoms with van der Waals surface area (Å²) in [6, 6.07) is 21.6. The molecule has 0 heterocycles. The highest BCUT2D eigenvalue weighted by molar-refractivity contribution is 5.62. The topological polar surface area (TPSA) is 3.24 Å². The molecular formula is C28H43N. The molecule has 0 bridgehead atoms. The molecule has 0 aromatic heterocycles. The Morgan fingerprint density at radius 3 is 1.17 bits per heavy atom. The molecule has 0 atom stereocenters. The second kappa shape index (κ2) is 16.1. The monoisotopic (exact) mass is 393 g/mol. The van der Waals surface area contributed by atoms with Gasteiger partial charge in [0, 0.05) is 17.9 Å². The first-order chi connectivity index (χ1) is 14.4. The first-order valence-corrected chi connectivity index (χ1v) is 12.3. The molecule has 0 spiro atoms. The Bertz CT molecular complexity index is 553. The number of hydrogen-bond donors (Lipinski definition) is 0. The Balaban J connectivity index is 1.52. The lowest BCUT2D eigenvalue weighted by atomic mass is 10.0. The second-order valence-electron chi connectivity index (χ2n) is 8.42. The maximum Gasteiger partial charge on any atom is 0.0410 e. The van der Waals surface area contributed by atoms with Crippen LogP contribution in [0.4, 0.5) is 11.4 Å². The minimum atomic E-state index is 1.10. The van der Waals surface area contributed by atoms with Crippen LogP contribution in [-0.2, 0) is 0 Å². The zero-order chi connectivity index (χ0) is 20.4. The molecule has 0 fully saturated rings. The highest BCUT2D eigenvalue weighted by atomic mass is 15.1. The molecule has 0 aliphatic heterocycles. The van der Waals surface area contributed by atoms with Gasteiger partial charge in [-0.25, -0.2) is 0 Å². The number of benzene rings is 2. The summed E-state index contributed by atoms with van der Waals surface area (Å²) >= 11 is 0. The van der Waals surface area contributed by atoms with Gasteiger partial charge in [-0.2, -0.15) is 0 Å². The zero-order valence-electron chi connectivity index (χ0n) is 18.8. The Hall–Kier alpha value is -1.76. The summed E-state index contributed by atoms with van der Waals surface area (Å²) in [6.07, 6.45) is 19.8. The number of unbranched alkanes of at least 4 members (excludes halogenated alkanes) is 13. The van der Waals surface area contributed by atoms with Crippen molar-refractivity contribution >= 4 is 11.4 Å². The predicted molar refractivity (Wildman–Crippen MR) is 130 cm³/mol. The normalized spacial score (nSPS) is 10.9. The molecule has 0 saturated heterocycles. The van der Waals surface area contributed by atoms with E-state index in [0.29, 0.717) is 0 Å². The van der Waals surface area contributed by atoms with Crippen molar-refractivity contribution in [1.29, 1.82) is 0 Å². The van der Waals surface area contributed by atoms with Crippen LogP contribution in [0.3, 0.4) is 0 Å². The summed E-state index contributed by atoms with van der Waals surface area (Å²) < 4.78 is 0. The fourth-order valence-corrected chi connectivity index (χ4v) is 4.09. The molecule has 0 unspecified atom stereocenters. The van der Waals surface area contributed by atoms with Gasteiger partial charge >= 0.3 is 0 Å². The van der Waals surface area contributed by atoms with Crippen molar-refractivity contribution in [1.82, 2.24) is 0 Å². The van der Waals surface area contributed by atoms with Crippen LogP contribution in [0.5, 0.6) is 0 Å². The van der Waals surface area contributed by atoms with E-state index in [1.807, 2.05) is 0 Å². The zero-order valence-corrected chi connectivity index (χ0v) is 18.8. The SMILES string of the molecule is CCCCCCCCCCCCCCCCN(c1ccccc1)c1ccccc1. The van der Waals surface area contributed by atoms with Crippen LogP contribution in [0.15, 0.2) is 60.7 Å². The number of anilines is 2. The summed E-state index contributed by atoms with van der Waals surface area (Å²) in [5.41, 5.74) is 2.60. The molecule has 0 radical (unpaired) electrons. The van der Waals surface area contributed by atoms with Gasteiger partial charge in [-0.3, -0.25) is 0 Å². The number of para-hydroxylation sites is 2. The van der Waals surface area contributed by atoms with Crippen LogP contribution in [-0.4, -0.2) is 6.54 Å². The molecule has 0 N–H and O–H groups in total. The van der Waals surface area contributed by atoms with E-state index in [0.717, 1.165) is 6.54 Å². The third-order valence-electron chi connectivity index (χ3n) is 5.87. The van der Waals surface area contributed by atoms with E-state index in [9.17, 15) is 0 Å². The predicted octanol–water partition coefficient (Wildman–Crippen LogP) is 9.31. The largest absolute Gasteiger partial charge is 0.341 e. The summed E-state index contributed by atoms with van der Waals surface area (Å²) in [7, 11) is 0. The summed E-state index contributed by atoms with van der Waals surface area (Å²) in [6.45, 7) is 3.40. The van der Waals surface area contributed by atoms with E-state index in [4.69, 9.17) is 0 Å². The van der Waals surface area contributed by atoms with Crippen LogP contribution in [0.1, 0.15) is 96.8 Å². The maximum absolute atomic E-state index is 2.46. The molecule has 1 heteroatoms. The lowest BCUT2D eigenvalue weighted by Gasteiger charge is -2.25. The van der Waals surface area contributed by atoms with Crippen LogP contribution >= 0.6 is 0 Å². The molecule has 2 rings (SSSR count). The van der Waals surface area contributed by atoms with Crippen LogP contribution < -0.4 is 4.90 Å². The smallest absolute Gasteiger partial charge is 0.0410 e. The fourth-order valence-electron chi connectivity index (χ4n) is 4.09. The van der Waals surface area contributed by atoms with Gasteiger partial charge in [0.2, 0.25) is 0 Å². The average Bonchev–Trinajstić information content (AvgIpc) is 2.78. The van der Waals surface area contributed by atoms with Crippen molar-refractivity contribution in [3.63, 3.8) is 0 Å². The summed E-state index contributed by atoms with van der Waals surface area (Å²) in [5, 5.41) is 0. The quantitative estimate of drug-likeness (QED) is 0.242. The molecule has 0 amide bonds. The molecule has 0 aliphatic rings. The van der Waals surface area contributed by atoms with Crippen molar-refractivity contribution in [2.75, 3.05) is 11.4 Å². The minimum absolute atomic E-state index is 1.10. The van der Waals surface area contributed by atoms with Gasteiger partial charge in [-0.1, -0.05) is 127 Å². The van der Waals surface area contributed by atoms with Crippen LogP contribution in [0.25, 0.3) is 0 Å². The molecule has 1 nitrogen and oxygen atoms in total. The highest BCUT2D eigenvalue weighted by Gasteiger charge is 2.08. The number of rotatable bonds is 17. The Labute approximate surface area is 180 Å². The van der Waals surface area contributed by atoms with Gasteiger partial charge in [-0.15, -0.1) is 0 Å². The van der Waals surface area contributed by atoms with Crippen molar-refractivity contribution in [3.05, 3.63) is 60.7 Å². The van der Waals surface area contributed by atoms with Gasteiger partial charge in [0.1, 0.15) is 0 Å². The molecular weight excluding hydrogens is 350 g/mol. The number of hydrogen-bond acceptors (Lipinski definition) is 1. The van der Waals surface area contributed by atoms with E-state index < -0.39 is 0 Å². The standard InChI is InChI=1S/C28H43N/c1-2-3-4-5-6-7-8-9-10-11-12-13-14-21-26-29(27-22-17-15-18-23-27)28-24-19-16-20-25-28/h15-20,22-25H,2-14,21,26H2,1H3. The lowest BCUT2D eigenvalue weighted by molar-refractivity contribution is 0.536. The molecule has 0 saturated carbocycles. The van der Waals surface area contributed by atoms with E-state index in [1.54, 1.807) is 0 Å². The van der Waals surface area contributed by atoms with Crippen molar-refractivity contribution in [2.24, 2.45) is 0 Å². The molecule has 29 heavy (non-hydrogen) atoms. The van der Waals surface area contributed by atoms with Gasteiger partial charge in [0.05, 0.1) is 0 Å². The molecule has 2 aromatic carbocycles.